The molecule has 1 aliphatic heterocycles. The second-order valence-electron chi connectivity index (χ2n) is 5.79. The minimum atomic E-state index is 0.149. The normalized spacial score (nSPS) is 27.4. The van der Waals surface area contributed by atoms with Crippen molar-refractivity contribution in [2.45, 2.75) is 64.2 Å². The quantitative estimate of drug-likeness (QED) is 0.903. The third-order valence-corrected chi connectivity index (χ3v) is 4.88. The summed E-state index contributed by atoms with van der Waals surface area (Å²) in [6.07, 6.45) is 3.81. The summed E-state index contributed by atoms with van der Waals surface area (Å²) in [7, 11) is 0. The monoisotopic (exact) mass is 324 g/mol. The zero-order valence-electron chi connectivity index (χ0n) is 12.1. The molecular weight excluding hydrogens is 300 g/mol. The highest BCUT2D eigenvalue weighted by atomic mass is 79.9. The Balaban J connectivity index is 2.31. The maximum Gasteiger partial charge on any atom is 0.0502 e. The number of nitrogens with zero attached hydrogens (tertiary/aromatic N) is 1. The maximum atomic E-state index is 6.31. The van der Waals surface area contributed by atoms with Gasteiger partial charge in [0.2, 0.25) is 0 Å². The first-order valence-corrected chi connectivity index (χ1v) is 8.12. The predicted molar refractivity (Wildman–Crippen MR) is 85.1 cm³/mol. The van der Waals surface area contributed by atoms with Crippen LogP contribution in [0.3, 0.4) is 0 Å². The van der Waals surface area contributed by atoms with Crippen LogP contribution in [0.1, 0.15) is 51.6 Å². The first kappa shape index (κ1) is 15.0. The Hall–Kier alpha value is -0.380. The van der Waals surface area contributed by atoms with Crippen LogP contribution in [0.2, 0.25) is 0 Å². The summed E-state index contributed by atoms with van der Waals surface area (Å²) in [5.41, 5.74) is 7.65. The van der Waals surface area contributed by atoms with Gasteiger partial charge in [0.1, 0.15) is 0 Å². The summed E-state index contributed by atoms with van der Waals surface area (Å²) in [6, 6.07) is 10.4. The van der Waals surface area contributed by atoms with Gasteiger partial charge >= 0.3 is 0 Å². The summed E-state index contributed by atoms with van der Waals surface area (Å²) < 4.78 is 1.13. The van der Waals surface area contributed by atoms with Crippen molar-refractivity contribution in [3.63, 3.8) is 0 Å². The average Bonchev–Trinajstić information content (AvgIpc) is 2.73. The number of hydrogen-bond donors (Lipinski definition) is 1. The van der Waals surface area contributed by atoms with E-state index in [1.807, 2.05) is 0 Å². The molecule has 0 saturated carbocycles. The lowest BCUT2D eigenvalue weighted by Gasteiger charge is -2.38. The molecule has 3 heteroatoms. The van der Waals surface area contributed by atoms with Gasteiger partial charge in [0, 0.05) is 22.6 Å². The lowest BCUT2D eigenvalue weighted by Crippen LogP contribution is -2.45. The fraction of sp³-hybridized carbons (Fsp3) is 0.625. The van der Waals surface area contributed by atoms with Crippen LogP contribution in [-0.4, -0.2) is 23.0 Å². The van der Waals surface area contributed by atoms with Crippen molar-refractivity contribution in [2.75, 3.05) is 0 Å². The third-order valence-electron chi connectivity index (χ3n) is 4.35. The van der Waals surface area contributed by atoms with Gasteiger partial charge < -0.3 is 5.73 Å². The van der Waals surface area contributed by atoms with Crippen LogP contribution in [0.4, 0.5) is 0 Å². The Morgan fingerprint density at radius 1 is 1.32 bits per heavy atom. The van der Waals surface area contributed by atoms with E-state index in [4.69, 9.17) is 5.73 Å². The first-order valence-electron chi connectivity index (χ1n) is 7.33. The molecule has 0 amide bonds. The Labute approximate surface area is 125 Å². The molecule has 4 unspecified atom stereocenters. The van der Waals surface area contributed by atoms with E-state index in [0.29, 0.717) is 18.1 Å². The molecule has 1 saturated heterocycles. The van der Waals surface area contributed by atoms with Crippen LogP contribution < -0.4 is 5.73 Å². The minimum absolute atomic E-state index is 0.149. The number of nitrogens with two attached hydrogens (primary N) is 1. The Morgan fingerprint density at radius 2 is 1.95 bits per heavy atom. The minimum Gasteiger partial charge on any atom is -0.326 e. The van der Waals surface area contributed by atoms with Crippen molar-refractivity contribution in [1.82, 2.24) is 4.90 Å². The lowest BCUT2D eigenvalue weighted by molar-refractivity contribution is 0.117. The summed E-state index contributed by atoms with van der Waals surface area (Å²) in [6.45, 7) is 6.75. The van der Waals surface area contributed by atoms with Gasteiger partial charge in [-0.2, -0.15) is 0 Å². The molecule has 0 radical (unpaired) electrons. The maximum absolute atomic E-state index is 6.31. The van der Waals surface area contributed by atoms with Crippen LogP contribution in [0.25, 0.3) is 0 Å². The highest BCUT2D eigenvalue weighted by Crippen LogP contribution is 2.36. The molecule has 2 N–H and O–H groups in total. The fourth-order valence-electron chi connectivity index (χ4n) is 3.42. The van der Waals surface area contributed by atoms with Gasteiger partial charge in [-0.05, 0) is 50.8 Å². The summed E-state index contributed by atoms with van der Waals surface area (Å²) in [5.74, 6) is 0. The van der Waals surface area contributed by atoms with Gasteiger partial charge in [0.15, 0.2) is 0 Å². The van der Waals surface area contributed by atoms with Gasteiger partial charge in [0.05, 0.1) is 6.04 Å². The number of rotatable bonds is 4. The van der Waals surface area contributed by atoms with Crippen molar-refractivity contribution >= 4 is 15.9 Å². The van der Waals surface area contributed by atoms with E-state index in [-0.39, 0.29) is 6.04 Å². The van der Waals surface area contributed by atoms with Gasteiger partial charge in [-0.1, -0.05) is 35.0 Å². The van der Waals surface area contributed by atoms with Crippen molar-refractivity contribution in [3.05, 3.63) is 34.3 Å². The highest BCUT2D eigenvalue weighted by molar-refractivity contribution is 9.10. The van der Waals surface area contributed by atoms with E-state index in [0.717, 1.165) is 4.47 Å². The standard InChI is InChI=1S/C16H25BrN2/c1-4-15-10-5-11(2)19(15)16(12(3)18)13-6-8-14(17)9-7-13/h6-9,11-12,15-16H,4-5,10,18H2,1-3H3. The average molecular weight is 325 g/mol. The third kappa shape index (κ3) is 3.21. The number of hydrogen-bond acceptors (Lipinski definition) is 2. The predicted octanol–water partition coefficient (Wildman–Crippen LogP) is 4.10. The largest absolute Gasteiger partial charge is 0.326 e. The Morgan fingerprint density at radius 3 is 2.47 bits per heavy atom. The van der Waals surface area contributed by atoms with Gasteiger partial charge in [-0.25, -0.2) is 0 Å². The van der Waals surface area contributed by atoms with Gasteiger partial charge in [-0.15, -0.1) is 0 Å². The number of likely N-dealkylation sites (tertiary alicyclic amines) is 1. The molecule has 1 aromatic rings. The van der Waals surface area contributed by atoms with Crippen LogP contribution in [0, 0.1) is 0 Å². The van der Waals surface area contributed by atoms with Gasteiger partial charge in [0.25, 0.3) is 0 Å². The second-order valence-corrected chi connectivity index (χ2v) is 6.71. The van der Waals surface area contributed by atoms with E-state index in [1.54, 1.807) is 0 Å². The zero-order chi connectivity index (χ0) is 14.0. The van der Waals surface area contributed by atoms with Crippen LogP contribution in [0.5, 0.6) is 0 Å². The molecule has 4 atom stereocenters. The number of halogens is 1. The summed E-state index contributed by atoms with van der Waals surface area (Å²) in [4.78, 5) is 2.65. The van der Waals surface area contributed by atoms with Gasteiger partial charge in [-0.3, -0.25) is 4.90 Å². The fourth-order valence-corrected chi connectivity index (χ4v) is 3.68. The molecule has 2 rings (SSSR count). The summed E-state index contributed by atoms with van der Waals surface area (Å²) >= 11 is 3.51. The molecule has 1 fully saturated rings. The second kappa shape index (κ2) is 6.38. The molecule has 0 aliphatic carbocycles. The molecule has 0 bridgehead atoms. The van der Waals surface area contributed by atoms with Crippen LogP contribution in [-0.2, 0) is 0 Å². The van der Waals surface area contributed by atoms with Crippen molar-refractivity contribution in [3.8, 4) is 0 Å². The van der Waals surface area contributed by atoms with E-state index in [2.05, 4.69) is 65.9 Å². The van der Waals surface area contributed by atoms with E-state index in [9.17, 15) is 0 Å². The molecule has 1 aromatic carbocycles. The smallest absolute Gasteiger partial charge is 0.0502 e. The zero-order valence-corrected chi connectivity index (χ0v) is 13.7. The molecule has 106 valence electrons. The molecular formula is C16H25BrN2. The van der Waals surface area contributed by atoms with Crippen molar-refractivity contribution in [1.29, 1.82) is 0 Å². The van der Waals surface area contributed by atoms with E-state index >= 15 is 0 Å². The van der Waals surface area contributed by atoms with Crippen molar-refractivity contribution in [2.24, 2.45) is 5.73 Å². The topological polar surface area (TPSA) is 29.3 Å². The van der Waals surface area contributed by atoms with Crippen LogP contribution in [0.15, 0.2) is 28.7 Å². The molecule has 0 spiro atoms. The summed E-state index contributed by atoms with van der Waals surface area (Å²) in [5, 5.41) is 0. The Bertz CT molecular complexity index is 402. The molecule has 1 heterocycles. The number of benzene rings is 1. The molecule has 1 aliphatic rings. The Kier molecular flexibility index (Phi) is 5.04. The first-order chi connectivity index (χ1) is 9.04. The molecule has 2 nitrogen and oxygen atoms in total. The van der Waals surface area contributed by atoms with E-state index in [1.165, 1.54) is 24.8 Å². The highest BCUT2D eigenvalue weighted by Gasteiger charge is 2.36. The lowest BCUT2D eigenvalue weighted by atomic mass is 9.97. The van der Waals surface area contributed by atoms with Crippen LogP contribution >= 0.6 is 15.9 Å². The molecule has 0 aromatic heterocycles. The SMILES string of the molecule is CCC1CCC(C)N1C(c1ccc(Br)cc1)C(C)N. The van der Waals surface area contributed by atoms with Crippen molar-refractivity contribution < 1.29 is 0 Å². The molecule has 19 heavy (non-hydrogen) atoms. The van der Waals surface area contributed by atoms with E-state index < -0.39 is 0 Å².